The molecule has 3 aromatic rings. The van der Waals surface area contributed by atoms with Gasteiger partial charge < -0.3 is 9.32 Å². The largest absolute Gasteiger partial charge is 0.462 e. The number of aryl methyl sites for hydroxylation is 1. The lowest BCUT2D eigenvalue weighted by Crippen LogP contribution is -2.42. The number of aromatic nitrogens is 1. The Morgan fingerprint density at radius 1 is 1.25 bits per heavy atom. The molecule has 0 radical (unpaired) electrons. The minimum Gasteiger partial charge on any atom is -0.462 e. The third kappa shape index (κ3) is 2.67. The van der Waals surface area contributed by atoms with E-state index in [9.17, 15) is 9.18 Å². The molecule has 0 saturated heterocycles. The standard InChI is InChI=1S/C17H14FN3O2S/c1-11-2-7-14(23-11)8-15-16(22)21-10-20(9-19-17(21)24-15)13-5-3-12(18)4-6-13/h2-8H,9-10H2,1H3. The van der Waals surface area contributed by atoms with E-state index < -0.39 is 0 Å². The van der Waals surface area contributed by atoms with E-state index in [-0.39, 0.29) is 11.4 Å². The maximum absolute atomic E-state index is 13.1. The number of hydrogen-bond acceptors (Lipinski definition) is 5. The molecule has 0 fully saturated rings. The van der Waals surface area contributed by atoms with Crippen LogP contribution in [0.15, 0.2) is 50.6 Å². The van der Waals surface area contributed by atoms with Gasteiger partial charge in [-0.2, -0.15) is 0 Å². The van der Waals surface area contributed by atoms with E-state index in [1.54, 1.807) is 22.8 Å². The van der Waals surface area contributed by atoms with Crippen LogP contribution < -0.4 is 19.8 Å². The van der Waals surface area contributed by atoms with Crippen molar-refractivity contribution in [3.63, 3.8) is 0 Å². The summed E-state index contributed by atoms with van der Waals surface area (Å²) in [6.07, 6.45) is 1.74. The Labute approximate surface area is 140 Å². The van der Waals surface area contributed by atoms with E-state index >= 15 is 0 Å². The van der Waals surface area contributed by atoms with Crippen molar-refractivity contribution < 1.29 is 8.81 Å². The van der Waals surface area contributed by atoms with E-state index in [0.717, 1.165) is 11.4 Å². The highest BCUT2D eigenvalue weighted by molar-refractivity contribution is 7.07. The molecule has 3 heterocycles. The summed E-state index contributed by atoms with van der Waals surface area (Å²) in [5.41, 5.74) is 0.732. The number of hydrogen-bond donors (Lipinski definition) is 0. The van der Waals surface area contributed by atoms with Gasteiger partial charge in [-0.25, -0.2) is 9.38 Å². The molecule has 7 heteroatoms. The Bertz CT molecular complexity index is 1060. The van der Waals surface area contributed by atoms with Crippen molar-refractivity contribution >= 4 is 23.1 Å². The Kier molecular flexibility index (Phi) is 3.57. The smallest absolute Gasteiger partial charge is 0.271 e. The van der Waals surface area contributed by atoms with Gasteiger partial charge in [-0.1, -0.05) is 11.3 Å². The van der Waals surface area contributed by atoms with Crippen LogP contribution in [0.3, 0.4) is 0 Å². The van der Waals surface area contributed by atoms with Crippen molar-refractivity contribution in [1.82, 2.24) is 4.57 Å². The molecule has 1 aromatic carbocycles. The number of fused-ring (bicyclic) bond motifs is 1. The summed E-state index contributed by atoms with van der Waals surface area (Å²) in [6, 6.07) is 9.87. The van der Waals surface area contributed by atoms with Gasteiger partial charge in [0.1, 0.15) is 30.7 Å². The Hall–Kier alpha value is -2.67. The lowest BCUT2D eigenvalue weighted by Gasteiger charge is -2.25. The average molecular weight is 343 g/mol. The highest BCUT2D eigenvalue weighted by Crippen LogP contribution is 2.16. The summed E-state index contributed by atoms with van der Waals surface area (Å²) in [5, 5.41) is 0. The van der Waals surface area contributed by atoms with Crippen molar-refractivity contribution in [2.45, 2.75) is 13.6 Å². The molecule has 24 heavy (non-hydrogen) atoms. The highest BCUT2D eigenvalue weighted by Gasteiger charge is 2.16. The minimum absolute atomic E-state index is 0.0976. The molecule has 4 rings (SSSR count). The maximum atomic E-state index is 13.1. The predicted octanol–water partition coefficient (Wildman–Crippen LogP) is 1.83. The quantitative estimate of drug-likeness (QED) is 0.713. The fourth-order valence-electron chi connectivity index (χ4n) is 2.59. The van der Waals surface area contributed by atoms with Crippen molar-refractivity contribution in [2.75, 3.05) is 11.6 Å². The fraction of sp³-hybridized carbons (Fsp3) is 0.176. The number of rotatable bonds is 2. The van der Waals surface area contributed by atoms with Gasteiger partial charge in [0.2, 0.25) is 0 Å². The number of anilines is 1. The zero-order valence-electron chi connectivity index (χ0n) is 12.9. The number of nitrogens with zero attached hydrogens (tertiary/aromatic N) is 3. The zero-order valence-corrected chi connectivity index (χ0v) is 13.7. The van der Waals surface area contributed by atoms with Gasteiger partial charge in [0, 0.05) is 11.8 Å². The first kappa shape index (κ1) is 14.9. The van der Waals surface area contributed by atoms with Crippen LogP contribution in [-0.4, -0.2) is 11.2 Å². The summed E-state index contributed by atoms with van der Waals surface area (Å²) in [5.74, 6) is 1.17. The number of furan rings is 1. The van der Waals surface area contributed by atoms with Crippen molar-refractivity contribution in [2.24, 2.45) is 4.99 Å². The van der Waals surface area contributed by atoms with Crippen LogP contribution in [0.4, 0.5) is 10.1 Å². The summed E-state index contributed by atoms with van der Waals surface area (Å²) in [7, 11) is 0. The molecule has 1 aliphatic heterocycles. The van der Waals surface area contributed by atoms with Gasteiger partial charge >= 0.3 is 0 Å². The summed E-state index contributed by atoms with van der Waals surface area (Å²) >= 11 is 1.35. The first-order chi connectivity index (χ1) is 11.6. The van der Waals surface area contributed by atoms with Crippen LogP contribution in [0, 0.1) is 12.7 Å². The molecular formula is C17H14FN3O2S. The Morgan fingerprint density at radius 3 is 2.75 bits per heavy atom. The molecule has 0 unspecified atom stereocenters. The van der Waals surface area contributed by atoms with Crippen molar-refractivity contribution in [3.8, 4) is 0 Å². The van der Waals surface area contributed by atoms with Crippen LogP contribution in [-0.2, 0) is 6.67 Å². The van der Waals surface area contributed by atoms with Gasteiger partial charge in [-0.3, -0.25) is 9.36 Å². The van der Waals surface area contributed by atoms with Gasteiger partial charge in [0.05, 0.1) is 4.53 Å². The van der Waals surface area contributed by atoms with Gasteiger partial charge in [0.15, 0.2) is 4.80 Å². The molecule has 122 valence electrons. The average Bonchev–Trinajstić information content (AvgIpc) is 3.12. The maximum Gasteiger partial charge on any atom is 0.271 e. The van der Waals surface area contributed by atoms with Crippen LogP contribution in [0.5, 0.6) is 0 Å². The second-order valence-electron chi connectivity index (χ2n) is 5.53. The summed E-state index contributed by atoms with van der Waals surface area (Å²) < 4.78 is 20.8. The molecule has 1 aliphatic rings. The normalized spacial score (nSPS) is 14.6. The van der Waals surface area contributed by atoms with Gasteiger partial charge in [-0.15, -0.1) is 0 Å². The molecule has 0 N–H and O–H groups in total. The lowest BCUT2D eigenvalue weighted by atomic mass is 10.3. The molecule has 5 nitrogen and oxygen atoms in total. The Morgan fingerprint density at radius 2 is 2.04 bits per heavy atom. The molecule has 2 aromatic heterocycles. The van der Waals surface area contributed by atoms with Crippen molar-refractivity contribution in [1.29, 1.82) is 0 Å². The molecule has 0 amide bonds. The number of benzene rings is 1. The highest BCUT2D eigenvalue weighted by atomic mass is 32.1. The second-order valence-corrected chi connectivity index (χ2v) is 6.54. The first-order valence-electron chi connectivity index (χ1n) is 7.43. The minimum atomic E-state index is -0.285. The fourth-order valence-corrected chi connectivity index (χ4v) is 3.53. The molecule has 0 bridgehead atoms. The number of halogens is 1. The lowest BCUT2D eigenvalue weighted by molar-refractivity contribution is 0.524. The van der Waals surface area contributed by atoms with E-state index in [4.69, 9.17) is 4.42 Å². The molecule has 0 saturated carbocycles. The summed E-state index contributed by atoms with van der Waals surface area (Å²) in [6.45, 7) is 2.69. The first-order valence-corrected chi connectivity index (χ1v) is 8.24. The van der Waals surface area contributed by atoms with Crippen LogP contribution in [0.1, 0.15) is 11.5 Å². The van der Waals surface area contributed by atoms with Crippen LogP contribution in [0.25, 0.3) is 6.08 Å². The van der Waals surface area contributed by atoms with Crippen molar-refractivity contribution in [3.05, 3.63) is 73.4 Å². The van der Waals surface area contributed by atoms with E-state index in [0.29, 0.717) is 28.4 Å². The predicted molar refractivity (Wildman–Crippen MR) is 90.1 cm³/mol. The van der Waals surface area contributed by atoms with Gasteiger partial charge in [0.25, 0.3) is 5.56 Å². The third-order valence-electron chi connectivity index (χ3n) is 3.80. The monoisotopic (exact) mass is 343 g/mol. The SMILES string of the molecule is Cc1ccc(C=c2sc3n(c2=O)CN(c2ccc(F)cc2)CN=3)o1. The Balaban J connectivity index is 1.71. The van der Waals surface area contributed by atoms with Crippen LogP contribution in [0.2, 0.25) is 0 Å². The zero-order chi connectivity index (χ0) is 16.7. The van der Waals surface area contributed by atoms with E-state index in [2.05, 4.69) is 4.99 Å². The molecule has 0 atom stereocenters. The van der Waals surface area contributed by atoms with Gasteiger partial charge in [-0.05, 0) is 43.3 Å². The van der Waals surface area contributed by atoms with E-state index in [1.165, 1.54) is 23.5 Å². The second kappa shape index (κ2) is 5.76. The number of thiazole rings is 1. The van der Waals surface area contributed by atoms with Crippen LogP contribution >= 0.6 is 11.3 Å². The molecule has 0 aliphatic carbocycles. The molecular weight excluding hydrogens is 329 g/mol. The van der Waals surface area contributed by atoms with E-state index in [1.807, 2.05) is 24.0 Å². The molecule has 0 spiro atoms. The third-order valence-corrected chi connectivity index (χ3v) is 4.85. The summed E-state index contributed by atoms with van der Waals surface area (Å²) in [4.78, 5) is 19.7. The topological polar surface area (TPSA) is 50.7 Å².